The van der Waals surface area contributed by atoms with E-state index in [1.807, 2.05) is 6.08 Å². The van der Waals surface area contributed by atoms with Gasteiger partial charge in [0.2, 0.25) is 5.95 Å². The molecule has 9 nitrogen and oxygen atoms in total. The zero-order valence-corrected chi connectivity index (χ0v) is 20.3. The van der Waals surface area contributed by atoms with Gasteiger partial charge in [0.15, 0.2) is 0 Å². The fraction of sp³-hybridized carbons (Fsp3) is 0.375. The fourth-order valence-corrected chi connectivity index (χ4v) is 4.27. The summed E-state index contributed by atoms with van der Waals surface area (Å²) < 4.78 is 18.4. The monoisotopic (exact) mass is 485 g/mol. The van der Waals surface area contributed by atoms with Crippen LogP contribution in [0.15, 0.2) is 41.8 Å². The van der Waals surface area contributed by atoms with Crippen LogP contribution in [-0.4, -0.2) is 73.0 Å². The van der Waals surface area contributed by atoms with Gasteiger partial charge in [0.05, 0.1) is 38.5 Å². The van der Waals surface area contributed by atoms with Crippen LogP contribution >= 0.6 is 11.6 Å². The predicted octanol–water partition coefficient (Wildman–Crippen LogP) is 3.06. The molecule has 0 saturated carbocycles. The lowest BCUT2D eigenvalue weighted by Crippen LogP contribution is -2.52. The number of halogens is 1. The Morgan fingerprint density at radius 2 is 2.03 bits per heavy atom. The van der Waals surface area contributed by atoms with Crippen molar-refractivity contribution in [1.82, 2.24) is 19.4 Å². The maximum atomic E-state index is 13.7. The second-order valence-corrected chi connectivity index (χ2v) is 8.31. The average molecular weight is 486 g/mol. The van der Waals surface area contributed by atoms with Gasteiger partial charge in [-0.2, -0.15) is 4.98 Å². The molecule has 0 spiro atoms. The van der Waals surface area contributed by atoms with Crippen LogP contribution in [0.1, 0.15) is 0 Å². The summed E-state index contributed by atoms with van der Waals surface area (Å²) in [5.41, 5.74) is 1.19. The molecule has 3 heterocycles. The lowest BCUT2D eigenvalue weighted by atomic mass is 10.0. The first-order valence-electron chi connectivity index (χ1n) is 10.9. The molecule has 10 heteroatoms. The third kappa shape index (κ3) is 4.72. The van der Waals surface area contributed by atoms with Crippen LogP contribution in [0.2, 0.25) is 5.02 Å². The maximum Gasteiger partial charge on any atom is 0.260 e. The summed E-state index contributed by atoms with van der Waals surface area (Å²) >= 11 is 6.60. The molecule has 34 heavy (non-hydrogen) atoms. The number of nitrogens with one attached hydrogen (secondary N) is 1. The average Bonchev–Trinajstić information content (AvgIpc) is 2.83. The molecule has 4 rings (SSSR count). The molecule has 3 aromatic rings. The normalized spacial score (nSPS) is 14.1. The van der Waals surface area contributed by atoms with E-state index < -0.39 is 0 Å². The van der Waals surface area contributed by atoms with E-state index in [1.54, 1.807) is 43.1 Å². The number of likely N-dealkylation sites (tertiary alicyclic amines) is 1. The van der Waals surface area contributed by atoms with Gasteiger partial charge in [-0.25, -0.2) is 4.98 Å². The molecule has 1 fully saturated rings. The summed E-state index contributed by atoms with van der Waals surface area (Å²) in [7, 11) is 4.80. The van der Waals surface area contributed by atoms with E-state index in [-0.39, 0.29) is 11.7 Å². The van der Waals surface area contributed by atoms with E-state index in [0.29, 0.717) is 57.8 Å². The first-order chi connectivity index (χ1) is 16.5. The molecule has 1 aromatic carbocycles. The number of hydrogen-bond acceptors (Lipinski definition) is 8. The molecule has 1 aliphatic heterocycles. The molecule has 1 aliphatic rings. The number of ether oxygens (including phenoxy) is 3. The molecule has 0 bridgehead atoms. The van der Waals surface area contributed by atoms with Crippen molar-refractivity contribution in [2.24, 2.45) is 0 Å². The second-order valence-electron chi connectivity index (χ2n) is 7.93. The van der Waals surface area contributed by atoms with Crippen LogP contribution in [0, 0.1) is 0 Å². The standard InChI is InChI=1S/C24H28ClN5O4/c1-5-6-29-13-17(14-29)34-8-7-30-22-15(12-27-24(26-2)28-22)9-19(23(30)31)18-10-16(32-3)11-20(33-4)21(18)25/h5,9-12,17H,1,6-8,13-14H2,2-4H3,(H,26,27,28). The number of pyridine rings is 1. The summed E-state index contributed by atoms with van der Waals surface area (Å²) in [5, 5.41) is 3.95. The Hall–Kier alpha value is -3.14. The largest absolute Gasteiger partial charge is 0.497 e. The van der Waals surface area contributed by atoms with Gasteiger partial charge in [0.25, 0.3) is 5.56 Å². The van der Waals surface area contributed by atoms with Gasteiger partial charge in [-0.1, -0.05) is 17.7 Å². The van der Waals surface area contributed by atoms with Crippen LogP contribution in [0.5, 0.6) is 11.5 Å². The van der Waals surface area contributed by atoms with Crippen molar-refractivity contribution in [3.05, 3.63) is 52.4 Å². The SMILES string of the molecule is C=CCN1CC(OCCn2c(=O)c(-c3cc(OC)cc(OC)c3Cl)cc3cnc(NC)nc32)C1. The van der Waals surface area contributed by atoms with Crippen molar-refractivity contribution in [2.75, 3.05) is 52.8 Å². The summed E-state index contributed by atoms with van der Waals surface area (Å²) in [6.45, 7) is 7.02. The number of benzene rings is 1. The quantitative estimate of drug-likeness (QED) is 0.438. The lowest BCUT2D eigenvalue weighted by molar-refractivity contribution is -0.0516. The van der Waals surface area contributed by atoms with Crippen LogP contribution < -0.4 is 20.3 Å². The molecule has 0 radical (unpaired) electrons. The van der Waals surface area contributed by atoms with E-state index >= 15 is 0 Å². The Labute approximate surface area is 202 Å². The smallest absolute Gasteiger partial charge is 0.260 e. The number of fused-ring (bicyclic) bond motifs is 1. The highest BCUT2D eigenvalue weighted by Crippen LogP contribution is 2.38. The van der Waals surface area contributed by atoms with Crippen LogP contribution in [-0.2, 0) is 11.3 Å². The minimum absolute atomic E-state index is 0.143. The minimum atomic E-state index is -0.240. The van der Waals surface area contributed by atoms with Crippen LogP contribution in [0.4, 0.5) is 5.95 Å². The third-order valence-electron chi connectivity index (χ3n) is 5.79. The third-order valence-corrected chi connectivity index (χ3v) is 6.18. The van der Waals surface area contributed by atoms with Gasteiger partial charge < -0.3 is 19.5 Å². The van der Waals surface area contributed by atoms with Gasteiger partial charge in [0, 0.05) is 55.5 Å². The van der Waals surface area contributed by atoms with E-state index in [0.717, 1.165) is 19.6 Å². The molecule has 0 atom stereocenters. The highest BCUT2D eigenvalue weighted by molar-refractivity contribution is 6.35. The van der Waals surface area contributed by atoms with Crippen molar-refractivity contribution < 1.29 is 14.2 Å². The van der Waals surface area contributed by atoms with Gasteiger partial charge >= 0.3 is 0 Å². The van der Waals surface area contributed by atoms with Crippen molar-refractivity contribution in [3.8, 4) is 22.6 Å². The zero-order valence-electron chi connectivity index (χ0n) is 19.5. The molecule has 180 valence electrons. The van der Waals surface area contributed by atoms with Crippen molar-refractivity contribution in [2.45, 2.75) is 12.6 Å². The summed E-state index contributed by atoms with van der Waals surface area (Å²) in [6.07, 6.45) is 3.70. The Balaban J connectivity index is 1.73. The number of methoxy groups -OCH3 is 2. The van der Waals surface area contributed by atoms with Crippen molar-refractivity contribution in [1.29, 1.82) is 0 Å². The van der Waals surface area contributed by atoms with Crippen molar-refractivity contribution in [3.63, 3.8) is 0 Å². The first-order valence-corrected chi connectivity index (χ1v) is 11.3. The Morgan fingerprint density at radius 3 is 2.71 bits per heavy atom. The van der Waals surface area contributed by atoms with Gasteiger partial charge in [0.1, 0.15) is 17.1 Å². The van der Waals surface area contributed by atoms with Gasteiger partial charge in [-0.15, -0.1) is 6.58 Å². The zero-order chi connectivity index (χ0) is 24.2. The summed E-state index contributed by atoms with van der Waals surface area (Å²) in [4.78, 5) is 24.8. The van der Waals surface area contributed by atoms with E-state index in [2.05, 4.69) is 26.8 Å². The number of aromatic nitrogens is 3. The fourth-order valence-electron chi connectivity index (χ4n) is 3.98. The molecular weight excluding hydrogens is 458 g/mol. The number of rotatable bonds is 10. The molecule has 0 aliphatic carbocycles. The van der Waals surface area contributed by atoms with E-state index in [4.69, 9.17) is 25.8 Å². The Bertz CT molecular complexity index is 1260. The molecule has 0 unspecified atom stereocenters. The Kier molecular flexibility index (Phi) is 7.35. The maximum absolute atomic E-state index is 13.7. The Morgan fingerprint density at radius 1 is 1.24 bits per heavy atom. The van der Waals surface area contributed by atoms with Gasteiger partial charge in [-0.05, 0) is 12.1 Å². The van der Waals surface area contributed by atoms with Crippen LogP contribution in [0.25, 0.3) is 22.2 Å². The van der Waals surface area contributed by atoms with Crippen LogP contribution in [0.3, 0.4) is 0 Å². The predicted molar refractivity (Wildman–Crippen MR) is 133 cm³/mol. The minimum Gasteiger partial charge on any atom is -0.497 e. The molecular formula is C24H28ClN5O4. The molecule has 1 saturated heterocycles. The lowest BCUT2D eigenvalue weighted by Gasteiger charge is -2.38. The molecule has 1 N–H and O–H groups in total. The molecule has 2 aromatic heterocycles. The highest BCUT2D eigenvalue weighted by Gasteiger charge is 2.26. The first kappa shape index (κ1) is 24.0. The number of anilines is 1. The number of nitrogens with zero attached hydrogens (tertiary/aromatic N) is 4. The second kappa shape index (κ2) is 10.4. The van der Waals surface area contributed by atoms with Gasteiger partial charge in [-0.3, -0.25) is 14.3 Å². The van der Waals surface area contributed by atoms with Crippen molar-refractivity contribution >= 4 is 28.6 Å². The summed E-state index contributed by atoms with van der Waals surface area (Å²) in [5.74, 6) is 1.37. The highest BCUT2D eigenvalue weighted by atomic mass is 35.5. The molecule has 0 amide bonds. The van der Waals surface area contributed by atoms with E-state index in [1.165, 1.54) is 7.11 Å². The topological polar surface area (TPSA) is 90.7 Å². The number of hydrogen-bond donors (Lipinski definition) is 1. The van der Waals surface area contributed by atoms with E-state index in [9.17, 15) is 4.79 Å². The summed E-state index contributed by atoms with van der Waals surface area (Å²) in [6, 6.07) is 5.14.